The third kappa shape index (κ3) is 3.60. The Bertz CT molecular complexity index is 466. The van der Waals surface area contributed by atoms with Gasteiger partial charge in [-0.1, -0.05) is 0 Å². The summed E-state index contributed by atoms with van der Waals surface area (Å²) in [4.78, 5) is 11.4. The summed E-state index contributed by atoms with van der Waals surface area (Å²) in [6, 6.07) is 5.39. The van der Waals surface area contributed by atoms with E-state index in [1.54, 1.807) is 19.1 Å². The molecule has 17 heavy (non-hydrogen) atoms. The average molecular weight is 345 g/mol. The van der Waals surface area contributed by atoms with Gasteiger partial charge in [0.25, 0.3) is 0 Å². The minimum Gasteiger partial charge on any atom is -0.496 e. The third-order valence-electron chi connectivity index (χ3n) is 2.13. The first kappa shape index (κ1) is 13.8. The van der Waals surface area contributed by atoms with Crippen molar-refractivity contribution in [1.29, 1.82) is 5.26 Å². The zero-order chi connectivity index (χ0) is 12.8. The molecule has 1 rings (SSSR count). The van der Waals surface area contributed by atoms with Gasteiger partial charge in [-0.2, -0.15) is 5.26 Å². The molecule has 0 fully saturated rings. The van der Waals surface area contributed by atoms with Gasteiger partial charge in [0.1, 0.15) is 5.75 Å². The molecule has 0 saturated heterocycles. The van der Waals surface area contributed by atoms with Gasteiger partial charge in [0.15, 0.2) is 0 Å². The standard InChI is InChI=1S/C12H12INO3/c1-3-17-12(15)6-9-10(13)4-8(7-14)5-11(9)16-2/h4-5H,3,6H2,1-2H3. The first-order chi connectivity index (χ1) is 8.12. The molecule has 0 bridgehead atoms. The van der Waals surface area contributed by atoms with Gasteiger partial charge in [0.2, 0.25) is 0 Å². The van der Waals surface area contributed by atoms with Crippen molar-refractivity contribution in [2.75, 3.05) is 13.7 Å². The van der Waals surface area contributed by atoms with E-state index in [2.05, 4.69) is 22.6 Å². The molecule has 0 N–H and O–H groups in total. The van der Waals surface area contributed by atoms with Crippen LogP contribution in [0.15, 0.2) is 12.1 Å². The average Bonchev–Trinajstić information content (AvgIpc) is 2.31. The fourth-order valence-corrected chi connectivity index (χ4v) is 2.18. The van der Waals surface area contributed by atoms with E-state index in [1.165, 1.54) is 7.11 Å². The number of rotatable bonds is 4. The van der Waals surface area contributed by atoms with E-state index in [4.69, 9.17) is 14.7 Å². The molecule has 0 aliphatic heterocycles. The van der Waals surface area contributed by atoms with Crippen LogP contribution in [0.3, 0.4) is 0 Å². The van der Waals surface area contributed by atoms with Crippen molar-refractivity contribution in [2.45, 2.75) is 13.3 Å². The van der Waals surface area contributed by atoms with Crippen LogP contribution >= 0.6 is 22.6 Å². The highest BCUT2D eigenvalue weighted by Crippen LogP contribution is 2.26. The molecule has 0 spiro atoms. The maximum absolute atomic E-state index is 11.4. The quantitative estimate of drug-likeness (QED) is 0.621. The topological polar surface area (TPSA) is 59.3 Å². The lowest BCUT2D eigenvalue weighted by Gasteiger charge is -2.10. The summed E-state index contributed by atoms with van der Waals surface area (Å²) in [6.45, 7) is 2.12. The second kappa shape index (κ2) is 6.45. The molecule has 0 heterocycles. The summed E-state index contributed by atoms with van der Waals surface area (Å²) in [5.41, 5.74) is 1.27. The number of hydrogen-bond donors (Lipinski definition) is 0. The zero-order valence-corrected chi connectivity index (χ0v) is 11.8. The molecule has 5 heteroatoms. The number of hydrogen-bond acceptors (Lipinski definition) is 4. The van der Waals surface area contributed by atoms with Crippen LogP contribution in [0.4, 0.5) is 0 Å². The summed E-state index contributed by atoms with van der Waals surface area (Å²) >= 11 is 2.08. The van der Waals surface area contributed by atoms with Crippen molar-refractivity contribution < 1.29 is 14.3 Å². The number of carbonyl (C=O) groups is 1. The summed E-state index contributed by atoms with van der Waals surface area (Å²) in [7, 11) is 1.52. The summed E-state index contributed by atoms with van der Waals surface area (Å²) < 4.78 is 10.9. The molecule has 0 unspecified atom stereocenters. The number of halogens is 1. The Balaban J connectivity index is 3.06. The van der Waals surface area contributed by atoms with E-state index < -0.39 is 0 Å². The van der Waals surface area contributed by atoms with E-state index in [1.807, 2.05) is 6.07 Å². The molecule has 0 saturated carbocycles. The van der Waals surface area contributed by atoms with Gasteiger partial charge >= 0.3 is 5.97 Å². The fraction of sp³-hybridized carbons (Fsp3) is 0.333. The predicted molar refractivity (Wildman–Crippen MR) is 70.8 cm³/mol. The molecule has 1 aromatic rings. The Morgan fingerprint density at radius 1 is 1.53 bits per heavy atom. The highest BCUT2D eigenvalue weighted by molar-refractivity contribution is 14.1. The molecule has 0 aliphatic rings. The maximum atomic E-state index is 11.4. The van der Waals surface area contributed by atoms with E-state index in [9.17, 15) is 4.79 Å². The highest BCUT2D eigenvalue weighted by atomic mass is 127. The second-order valence-electron chi connectivity index (χ2n) is 3.23. The van der Waals surface area contributed by atoms with Crippen molar-refractivity contribution in [3.63, 3.8) is 0 Å². The minimum absolute atomic E-state index is 0.154. The Hall–Kier alpha value is -1.29. The third-order valence-corrected chi connectivity index (χ3v) is 3.09. The molecule has 4 nitrogen and oxygen atoms in total. The van der Waals surface area contributed by atoms with Crippen molar-refractivity contribution in [2.24, 2.45) is 0 Å². The molecule has 0 atom stereocenters. The van der Waals surface area contributed by atoms with Crippen molar-refractivity contribution in [3.05, 3.63) is 26.8 Å². The smallest absolute Gasteiger partial charge is 0.310 e. The van der Waals surface area contributed by atoms with Crippen LogP contribution in [0, 0.1) is 14.9 Å². The molecular weight excluding hydrogens is 333 g/mol. The normalized spacial score (nSPS) is 9.53. The number of carbonyl (C=O) groups excluding carboxylic acids is 1. The van der Waals surface area contributed by atoms with Crippen molar-refractivity contribution in [3.8, 4) is 11.8 Å². The molecular formula is C12H12INO3. The van der Waals surface area contributed by atoms with Crippen LogP contribution in [0.25, 0.3) is 0 Å². The number of nitriles is 1. The van der Waals surface area contributed by atoms with Crippen LogP contribution in [0.1, 0.15) is 18.1 Å². The first-order valence-electron chi connectivity index (χ1n) is 5.04. The Morgan fingerprint density at radius 3 is 2.76 bits per heavy atom. The molecule has 0 radical (unpaired) electrons. The van der Waals surface area contributed by atoms with Crippen LogP contribution in [0.2, 0.25) is 0 Å². The number of methoxy groups -OCH3 is 1. The number of ether oxygens (including phenoxy) is 2. The molecule has 1 aromatic carbocycles. The Labute approximate surface area is 114 Å². The summed E-state index contributed by atoms with van der Waals surface area (Å²) in [5, 5.41) is 8.84. The van der Waals surface area contributed by atoms with Gasteiger partial charge in [-0.3, -0.25) is 4.79 Å². The SMILES string of the molecule is CCOC(=O)Cc1c(I)cc(C#N)cc1OC. The molecule has 90 valence electrons. The van der Waals surface area contributed by atoms with Gasteiger partial charge in [0.05, 0.1) is 31.8 Å². The van der Waals surface area contributed by atoms with Gasteiger partial charge in [0, 0.05) is 9.13 Å². The Kier molecular flexibility index (Phi) is 5.22. The van der Waals surface area contributed by atoms with Gasteiger partial charge in [-0.15, -0.1) is 0 Å². The molecule has 0 aromatic heterocycles. The number of benzene rings is 1. The first-order valence-corrected chi connectivity index (χ1v) is 6.12. The lowest BCUT2D eigenvalue weighted by Crippen LogP contribution is -2.10. The van der Waals surface area contributed by atoms with Crippen molar-refractivity contribution >= 4 is 28.6 Å². The van der Waals surface area contributed by atoms with Gasteiger partial charge in [-0.05, 0) is 41.6 Å². The number of nitrogens with zero attached hydrogens (tertiary/aromatic N) is 1. The lowest BCUT2D eigenvalue weighted by atomic mass is 10.1. The van der Waals surface area contributed by atoms with E-state index in [0.29, 0.717) is 17.9 Å². The maximum Gasteiger partial charge on any atom is 0.310 e. The van der Waals surface area contributed by atoms with Gasteiger partial charge in [-0.25, -0.2) is 0 Å². The van der Waals surface area contributed by atoms with E-state index in [-0.39, 0.29) is 12.4 Å². The minimum atomic E-state index is -0.298. The van der Waals surface area contributed by atoms with Crippen LogP contribution < -0.4 is 4.74 Å². The molecule has 0 amide bonds. The molecule has 0 aliphatic carbocycles. The van der Waals surface area contributed by atoms with E-state index >= 15 is 0 Å². The lowest BCUT2D eigenvalue weighted by molar-refractivity contribution is -0.142. The fourth-order valence-electron chi connectivity index (χ4n) is 1.39. The van der Waals surface area contributed by atoms with E-state index in [0.717, 1.165) is 9.13 Å². The Morgan fingerprint density at radius 2 is 2.24 bits per heavy atom. The highest BCUT2D eigenvalue weighted by Gasteiger charge is 2.14. The monoisotopic (exact) mass is 345 g/mol. The van der Waals surface area contributed by atoms with Crippen molar-refractivity contribution in [1.82, 2.24) is 0 Å². The summed E-state index contributed by atoms with van der Waals surface area (Å²) in [5.74, 6) is 0.245. The van der Waals surface area contributed by atoms with Crippen LogP contribution in [-0.2, 0) is 16.0 Å². The van der Waals surface area contributed by atoms with Gasteiger partial charge < -0.3 is 9.47 Å². The largest absolute Gasteiger partial charge is 0.496 e. The number of esters is 1. The summed E-state index contributed by atoms with van der Waals surface area (Å²) in [6.07, 6.45) is 0.154. The second-order valence-corrected chi connectivity index (χ2v) is 4.39. The van der Waals surface area contributed by atoms with Crippen LogP contribution in [0.5, 0.6) is 5.75 Å². The zero-order valence-electron chi connectivity index (χ0n) is 9.62. The van der Waals surface area contributed by atoms with Crippen LogP contribution in [-0.4, -0.2) is 19.7 Å². The predicted octanol–water partition coefficient (Wildman–Crippen LogP) is 2.28.